The van der Waals surface area contributed by atoms with Gasteiger partial charge >= 0.3 is 0 Å². The van der Waals surface area contributed by atoms with E-state index in [1.54, 1.807) is 0 Å². The maximum Gasteiger partial charge on any atom is 0.280 e. The van der Waals surface area contributed by atoms with Crippen LogP contribution in [-0.2, 0) is 9.53 Å². The lowest BCUT2D eigenvalue weighted by atomic mass is 10.1. The molecular formula is C21H20BrN3O2. The summed E-state index contributed by atoms with van der Waals surface area (Å²) in [6.45, 7) is 5.22. The van der Waals surface area contributed by atoms with Crippen molar-refractivity contribution in [1.82, 2.24) is 0 Å². The largest absolute Gasteiger partial charge is 0.378 e. The van der Waals surface area contributed by atoms with E-state index in [1.165, 1.54) is 10.7 Å². The van der Waals surface area contributed by atoms with E-state index in [0.29, 0.717) is 5.57 Å². The van der Waals surface area contributed by atoms with Crippen LogP contribution in [0.2, 0.25) is 0 Å². The Hall–Kier alpha value is -2.44. The molecule has 1 amide bonds. The molecule has 2 aliphatic heterocycles. The van der Waals surface area contributed by atoms with Gasteiger partial charge in [0.2, 0.25) is 0 Å². The Kier molecular flexibility index (Phi) is 5.09. The van der Waals surface area contributed by atoms with Crippen molar-refractivity contribution in [1.29, 1.82) is 0 Å². The number of hydrogen-bond acceptors (Lipinski definition) is 4. The minimum Gasteiger partial charge on any atom is -0.378 e. The minimum atomic E-state index is -0.105. The predicted octanol–water partition coefficient (Wildman–Crippen LogP) is 4.09. The molecule has 1 fully saturated rings. The molecule has 6 heteroatoms. The first-order valence-electron chi connectivity index (χ1n) is 8.92. The molecule has 2 heterocycles. The molecule has 0 aliphatic carbocycles. The number of hydrazone groups is 1. The average Bonchev–Trinajstić information content (AvgIpc) is 2.98. The zero-order valence-corrected chi connectivity index (χ0v) is 16.6. The molecule has 5 nitrogen and oxygen atoms in total. The number of amides is 1. The zero-order chi connectivity index (χ0) is 18.8. The number of nitrogens with zero attached hydrogens (tertiary/aromatic N) is 3. The summed E-state index contributed by atoms with van der Waals surface area (Å²) in [4.78, 5) is 15.1. The second-order valence-electron chi connectivity index (χ2n) is 6.53. The summed E-state index contributed by atoms with van der Waals surface area (Å²) in [7, 11) is 0. The molecule has 138 valence electrons. The van der Waals surface area contributed by atoms with Gasteiger partial charge in [0.25, 0.3) is 5.91 Å². The van der Waals surface area contributed by atoms with Gasteiger partial charge in [-0.3, -0.25) is 4.79 Å². The monoisotopic (exact) mass is 425 g/mol. The van der Waals surface area contributed by atoms with Crippen LogP contribution >= 0.6 is 15.9 Å². The lowest BCUT2D eigenvalue weighted by molar-refractivity contribution is -0.114. The van der Waals surface area contributed by atoms with E-state index in [-0.39, 0.29) is 5.91 Å². The number of carbonyl (C=O) groups is 1. The molecule has 27 heavy (non-hydrogen) atoms. The molecule has 0 unspecified atom stereocenters. The quantitative estimate of drug-likeness (QED) is 0.695. The minimum absolute atomic E-state index is 0.105. The summed E-state index contributed by atoms with van der Waals surface area (Å²) in [6.07, 6.45) is 1.91. The van der Waals surface area contributed by atoms with Crippen molar-refractivity contribution in [2.75, 3.05) is 36.2 Å². The van der Waals surface area contributed by atoms with Crippen LogP contribution in [0.3, 0.4) is 0 Å². The lowest BCUT2D eigenvalue weighted by Crippen LogP contribution is -2.36. The Morgan fingerprint density at radius 1 is 1.00 bits per heavy atom. The van der Waals surface area contributed by atoms with E-state index in [0.717, 1.165) is 47.7 Å². The van der Waals surface area contributed by atoms with Crippen LogP contribution in [0.25, 0.3) is 6.08 Å². The van der Waals surface area contributed by atoms with Crippen LogP contribution in [0, 0.1) is 0 Å². The second-order valence-corrected chi connectivity index (χ2v) is 7.44. The van der Waals surface area contributed by atoms with Gasteiger partial charge in [-0.1, -0.05) is 28.1 Å². The third-order valence-corrected chi connectivity index (χ3v) is 5.24. The summed E-state index contributed by atoms with van der Waals surface area (Å²) >= 11 is 3.41. The van der Waals surface area contributed by atoms with Gasteiger partial charge in [0, 0.05) is 23.2 Å². The third-order valence-electron chi connectivity index (χ3n) is 4.71. The highest BCUT2D eigenvalue weighted by Gasteiger charge is 2.28. The van der Waals surface area contributed by atoms with Crippen molar-refractivity contribution in [3.63, 3.8) is 0 Å². The van der Waals surface area contributed by atoms with Crippen molar-refractivity contribution >= 4 is 45.0 Å². The van der Waals surface area contributed by atoms with E-state index in [4.69, 9.17) is 4.74 Å². The van der Waals surface area contributed by atoms with E-state index in [1.807, 2.05) is 49.4 Å². The summed E-state index contributed by atoms with van der Waals surface area (Å²) in [6, 6.07) is 15.8. The molecule has 0 N–H and O–H groups in total. The van der Waals surface area contributed by atoms with E-state index < -0.39 is 0 Å². The highest BCUT2D eigenvalue weighted by atomic mass is 79.9. The number of rotatable bonds is 3. The number of benzene rings is 2. The molecule has 0 radical (unpaired) electrons. The Balaban J connectivity index is 1.54. The van der Waals surface area contributed by atoms with Gasteiger partial charge in [-0.25, -0.2) is 0 Å². The number of hydrogen-bond donors (Lipinski definition) is 0. The highest BCUT2D eigenvalue weighted by Crippen LogP contribution is 2.26. The van der Waals surface area contributed by atoms with E-state index >= 15 is 0 Å². The smallest absolute Gasteiger partial charge is 0.280 e. The normalized spacial score (nSPS) is 19.0. The van der Waals surface area contributed by atoms with Crippen LogP contribution in [0.4, 0.5) is 11.4 Å². The fourth-order valence-electron chi connectivity index (χ4n) is 3.21. The summed E-state index contributed by atoms with van der Waals surface area (Å²) in [5, 5.41) is 5.89. The van der Waals surface area contributed by atoms with Gasteiger partial charge in [0.05, 0.1) is 30.2 Å². The SMILES string of the molecule is CC1=NN(c2ccc(Br)cc2)C(=O)C1=Cc1ccc(N2CCOCC2)cc1. The molecule has 2 aliphatic rings. The fraction of sp³-hybridized carbons (Fsp3) is 0.238. The van der Waals surface area contributed by atoms with Crippen molar-refractivity contribution in [3.05, 3.63) is 64.1 Å². The van der Waals surface area contributed by atoms with Gasteiger partial charge in [0.15, 0.2) is 0 Å². The summed E-state index contributed by atoms with van der Waals surface area (Å²) < 4.78 is 6.37. The van der Waals surface area contributed by atoms with E-state index in [9.17, 15) is 4.79 Å². The van der Waals surface area contributed by atoms with Crippen LogP contribution in [0.5, 0.6) is 0 Å². The maximum atomic E-state index is 12.8. The topological polar surface area (TPSA) is 45.1 Å². The molecule has 2 aromatic carbocycles. The molecule has 1 saturated heterocycles. The summed E-state index contributed by atoms with van der Waals surface area (Å²) in [5.41, 5.74) is 4.27. The highest BCUT2D eigenvalue weighted by molar-refractivity contribution is 9.10. The first-order chi connectivity index (χ1) is 13.1. The van der Waals surface area contributed by atoms with Crippen molar-refractivity contribution in [3.8, 4) is 0 Å². The number of ether oxygens (including phenoxy) is 1. The Morgan fingerprint density at radius 3 is 2.30 bits per heavy atom. The maximum absolute atomic E-state index is 12.8. The molecular weight excluding hydrogens is 406 g/mol. The molecule has 0 atom stereocenters. The third kappa shape index (κ3) is 3.82. The molecule has 4 rings (SSSR count). The molecule has 0 bridgehead atoms. The number of halogens is 1. The molecule has 2 aromatic rings. The Morgan fingerprint density at radius 2 is 1.63 bits per heavy atom. The standard InChI is InChI=1S/C21H20BrN3O2/c1-15-20(21(26)25(23-15)19-8-4-17(22)5-9-19)14-16-2-6-18(7-3-16)24-10-12-27-13-11-24/h2-9,14H,10-13H2,1H3. The van der Waals surface area contributed by atoms with Gasteiger partial charge < -0.3 is 9.64 Å². The van der Waals surface area contributed by atoms with Crippen LogP contribution in [0.1, 0.15) is 12.5 Å². The van der Waals surface area contributed by atoms with Crippen molar-refractivity contribution < 1.29 is 9.53 Å². The van der Waals surface area contributed by atoms with Crippen LogP contribution < -0.4 is 9.91 Å². The Bertz CT molecular complexity index is 898. The summed E-state index contributed by atoms with van der Waals surface area (Å²) in [5.74, 6) is -0.105. The molecule has 0 aromatic heterocycles. The van der Waals surface area contributed by atoms with Gasteiger partial charge in [-0.05, 0) is 55.0 Å². The average molecular weight is 426 g/mol. The first-order valence-corrected chi connectivity index (χ1v) is 9.71. The van der Waals surface area contributed by atoms with Gasteiger partial charge in [0.1, 0.15) is 0 Å². The predicted molar refractivity (Wildman–Crippen MR) is 112 cm³/mol. The van der Waals surface area contributed by atoms with Gasteiger partial charge in [-0.2, -0.15) is 10.1 Å². The Labute approximate surface area is 167 Å². The van der Waals surface area contributed by atoms with Crippen LogP contribution in [-0.4, -0.2) is 37.9 Å². The van der Waals surface area contributed by atoms with Crippen molar-refractivity contribution in [2.24, 2.45) is 5.10 Å². The first kappa shape index (κ1) is 17.9. The molecule has 0 spiro atoms. The fourth-order valence-corrected chi connectivity index (χ4v) is 3.48. The van der Waals surface area contributed by atoms with Crippen molar-refractivity contribution in [2.45, 2.75) is 6.92 Å². The van der Waals surface area contributed by atoms with E-state index in [2.05, 4.69) is 38.1 Å². The zero-order valence-electron chi connectivity index (χ0n) is 15.1. The lowest BCUT2D eigenvalue weighted by Gasteiger charge is -2.28. The van der Waals surface area contributed by atoms with Crippen LogP contribution in [0.15, 0.2) is 63.7 Å². The number of morpholine rings is 1. The second kappa shape index (κ2) is 7.66. The molecule has 0 saturated carbocycles. The number of anilines is 2. The number of carbonyl (C=O) groups excluding carboxylic acids is 1. The van der Waals surface area contributed by atoms with Gasteiger partial charge in [-0.15, -0.1) is 0 Å².